The number of aliphatic hydroxyl groups excluding tert-OH is 2. The highest BCUT2D eigenvalue weighted by Crippen LogP contribution is 2.41. The molecule has 0 radical (unpaired) electrons. The summed E-state index contributed by atoms with van der Waals surface area (Å²) in [7, 11) is 0. The SMILES string of the molecule is C[C@H]1O[C@@H](n2cc(-c3ccccc3)c3c(-c4ccccc4Cl)ncnc32)[C@H](O)[C@@H]1O. The monoisotopic (exact) mass is 421 g/mol. The molecule has 1 fully saturated rings. The van der Waals surface area contributed by atoms with Crippen LogP contribution in [-0.4, -0.2) is 43.1 Å². The Bertz CT molecular complexity index is 1210. The van der Waals surface area contributed by atoms with Gasteiger partial charge in [0.1, 0.15) is 24.2 Å². The van der Waals surface area contributed by atoms with Gasteiger partial charge in [-0.15, -0.1) is 0 Å². The third kappa shape index (κ3) is 3.00. The number of ether oxygens (including phenoxy) is 1. The molecule has 0 aliphatic carbocycles. The Labute approximate surface area is 178 Å². The van der Waals surface area contributed by atoms with Gasteiger partial charge in [0.25, 0.3) is 0 Å². The summed E-state index contributed by atoms with van der Waals surface area (Å²) in [4.78, 5) is 9.06. The summed E-state index contributed by atoms with van der Waals surface area (Å²) in [6.07, 6.45) is 0.0770. The molecule has 2 N–H and O–H groups in total. The van der Waals surface area contributed by atoms with Crippen LogP contribution in [-0.2, 0) is 4.74 Å². The lowest BCUT2D eigenvalue weighted by Crippen LogP contribution is -2.30. The van der Waals surface area contributed by atoms with E-state index in [-0.39, 0.29) is 0 Å². The van der Waals surface area contributed by atoms with Crippen molar-refractivity contribution in [2.75, 3.05) is 0 Å². The molecule has 0 unspecified atom stereocenters. The van der Waals surface area contributed by atoms with Gasteiger partial charge in [-0.1, -0.05) is 60.1 Å². The van der Waals surface area contributed by atoms with E-state index in [1.165, 1.54) is 6.33 Å². The van der Waals surface area contributed by atoms with Crippen molar-refractivity contribution in [1.29, 1.82) is 0 Å². The summed E-state index contributed by atoms with van der Waals surface area (Å²) < 4.78 is 7.65. The molecule has 4 atom stereocenters. The summed E-state index contributed by atoms with van der Waals surface area (Å²) in [6, 6.07) is 17.4. The molecule has 1 saturated heterocycles. The Hall–Kier alpha value is -2.77. The Morgan fingerprint density at radius 2 is 1.67 bits per heavy atom. The molecular weight excluding hydrogens is 402 g/mol. The van der Waals surface area contributed by atoms with E-state index in [0.29, 0.717) is 16.4 Å². The van der Waals surface area contributed by atoms with E-state index in [9.17, 15) is 10.2 Å². The summed E-state index contributed by atoms with van der Waals surface area (Å²) in [6.45, 7) is 1.74. The predicted octanol–water partition coefficient (Wildman–Crippen LogP) is 4.06. The number of hydrogen-bond acceptors (Lipinski definition) is 5. The average molecular weight is 422 g/mol. The van der Waals surface area contributed by atoms with E-state index in [1.54, 1.807) is 11.5 Å². The molecule has 5 rings (SSSR count). The number of hydrogen-bond donors (Lipinski definition) is 2. The van der Waals surface area contributed by atoms with Crippen LogP contribution in [0.3, 0.4) is 0 Å². The molecule has 7 heteroatoms. The summed E-state index contributed by atoms with van der Waals surface area (Å²) in [5.74, 6) is 0. The first-order valence-corrected chi connectivity index (χ1v) is 10.1. The predicted molar refractivity (Wildman–Crippen MR) is 115 cm³/mol. The highest BCUT2D eigenvalue weighted by atomic mass is 35.5. The number of aromatic nitrogens is 3. The first-order chi connectivity index (χ1) is 14.6. The van der Waals surface area contributed by atoms with Crippen molar-refractivity contribution in [3.05, 3.63) is 72.1 Å². The van der Waals surface area contributed by atoms with E-state index in [1.807, 2.05) is 60.8 Å². The summed E-state index contributed by atoms with van der Waals surface area (Å²) in [5, 5.41) is 22.2. The van der Waals surface area contributed by atoms with Gasteiger partial charge in [0.2, 0.25) is 0 Å². The fraction of sp³-hybridized carbons (Fsp3) is 0.217. The minimum absolute atomic E-state index is 0.493. The molecule has 2 aromatic heterocycles. The topological polar surface area (TPSA) is 80.4 Å². The Balaban J connectivity index is 1.81. The van der Waals surface area contributed by atoms with Crippen molar-refractivity contribution in [1.82, 2.24) is 14.5 Å². The van der Waals surface area contributed by atoms with Crippen LogP contribution in [0, 0.1) is 0 Å². The number of nitrogens with zero attached hydrogens (tertiary/aromatic N) is 3. The van der Waals surface area contributed by atoms with Crippen LogP contribution in [0.15, 0.2) is 67.1 Å². The van der Waals surface area contributed by atoms with Crippen molar-refractivity contribution < 1.29 is 14.9 Å². The molecule has 3 heterocycles. The maximum atomic E-state index is 10.6. The van der Waals surface area contributed by atoms with E-state index in [2.05, 4.69) is 9.97 Å². The van der Waals surface area contributed by atoms with E-state index >= 15 is 0 Å². The van der Waals surface area contributed by atoms with Crippen LogP contribution in [0.1, 0.15) is 13.2 Å². The van der Waals surface area contributed by atoms with E-state index < -0.39 is 24.5 Å². The molecule has 152 valence electrons. The first-order valence-electron chi connectivity index (χ1n) is 9.73. The van der Waals surface area contributed by atoms with Gasteiger partial charge in [0, 0.05) is 22.3 Å². The standard InChI is InChI=1S/C23H20ClN3O3/c1-13-20(28)21(29)23(30-13)27-11-16(14-7-3-2-4-8-14)18-19(25-12-26-22(18)27)15-9-5-6-10-17(15)24/h2-13,20-21,23,28-29H,1H3/t13-,20-,21-,23-/m1/s1. The zero-order valence-corrected chi connectivity index (χ0v) is 16.9. The van der Waals surface area contributed by atoms with Gasteiger partial charge in [-0.05, 0) is 18.6 Å². The quantitative estimate of drug-likeness (QED) is 0.521. The number of aliphatic hydroxyl groups is 2. The van der Waals surface area contributed by atoms with Crippen molar-refractivity contribution in [2.45, 2.75) is 31.5 Å². The van der Waals surface area contributed by atoms with Crippen LogP contribution in [0.2, 0.25) is 5.02 Å². The lowest BCUT2D eigenvalue weighted by molar-refractivity contribution is -0.0295. The number of rotatable bonds is 3. The molecule has 1 aliphatic heterocycles. The molecule has 0 saturated carbocycles. The van der Waals surface area contributed by atoms with Crippen molar-refractivity contribution in [3.63, 3.8) is 0 Å². The largest absolute Gasteiger partial charge is 0.388 e. The molecule has 1 aliphatic rings. The van der Waals surface area contributed by atoms with Crippen molar-refractivity contribution >= 4 is 22.6 Å². The normalized spacial score (nSPS) is 23.9. The number of benzene rings is 2. The first kappa shape index (κ1) is 19.2. The van der Waals surface area contributed by atoms with Crippen LogP contribution in [0.4, 0.5) is 0 Å². The Morgan fingerprint density at radius 1 is 0.933 bits per heavy atom. The molecular formula is C23H20ClN3O3. The van der Waals surface area contributed by atoms with Gasteiger partial charge < -0.3 is 19.5 Å². The van der Waals surface area contributed by atoms with Crippen LogP contribution in [0.25, 0.3) is 33.4 Å². The third-order valence-electron chi connectivity index (χ3n) is 5.57. The highest BCUT2D eigenvalue weighted by molar-refractivity contribution is 6.33. The van der Waals surface area contributed by atoms with Crippen LogP contribution < -0.4 is 0 Å². The fourth-order valence-corrected chi connectivity index (χ4v) is 4.26. The average Bonchev–Trinajstić information content (AvgIpc) is 3.28. The minimum Gasteiger partial charge on any atom is -0.388 e. The molecule has 6 nitrogen and oxygen atoms in total. The number of halogens is 1. The van der Waals surface area contributed by atoms with Gasteiger partial charge >= 0.3 is 0 Å². The molecule has 30 heavy (non-hydrogen) atoms. The zero-order chi connectivity index (χ0) is 20.8. The third-order valence-corrected chi connectivity index (χ3v) is 5.90. The lowest BCUT2D eigenvalue weighted by atomic mass is 10.0. The summed E-state index contributed by atoms with van der Waals surface area (Å²) in [5.41, 5.74) is 3.97. The number of fused-ring (bicyclic) bond motifs is 1. The maximum Gasteiger partial charge on any atom is 0.164 e. The van der Waals surface area contributed by atoms with Crippen LogP contribution in [0.5, 0.6) is 0 Å². The van der Waals surface area contributed by atoms with E-state index in [0.717, 1.165) is 22.1 Å². The summed E-state index contributed by atoms with van der Waals surface area (Å²) >= 11 is 6.49. The van der Waals surface area contributed by atoms with Gasteiger partial charge in [0.05, 0.1) is 17.2 Å². The fourth-order valence-electron chi connectivity index (χ4n) is 4.03. The van der Waals surface area contributed by atoms with Gasteiger partial charge in [-0.25, -0.2) is 9.97 Å². The zero-order valence-electron chi connectivity index (χ0n) is 16.2. The Kier molecular flexibility index (Phi) is 4.79. The smallest absolute Gasteiger partial charge is 0.164 e. The second-order valence-electron chi connectivity index (χ2n) is 7.43. The van der Waals surface area contributed by atoms with Crippen LogP contribution >= 0.6 is 11.6 Å². The van der Waals surface area contributed by atoms with E-state index in [4.69, 9.17) is 16.3 Å². The molecule has 2 aromatic carbocycles. The minimum atomic E-state index is -1.07. The van der Waals surface area contributed by atoms with Gasteiger partial charge in [-0.2, -0.15) is 0 Å². The lowest BCUT2D eigenvalue weighted by Gasteiger charge is -2.17. The second-order valence-corrected chi connectivity index (χ2v) is 7.84. The Morgan fingerprint density at radius 3 is 2.37 bits per heavy atom. The molecule has 0 amide bonds. The molecule has 0 bridgehead atoms. The van der Waals surface area contributed by atoms with Gasteiger partial charge in [-0.3, -0.25) is 0 Å². The molecule has 0 spiro atoms. The van der Waals surface area contributed by atoms with Crippen molar-refractivity contribution in [2.24, 2.45) is 0 Å². The highest BCUT2D eigenvalue weighted by Gasteiger charge is 2.42. The van der Waals surface area contributed by atoms with Gasteiger partial charge in [0.15, 0.2) is 6.23 Å². The second kappa shape index (κ2) is 7.49. The van der Waals surface area contributed by atoms with Crippen molar-refractivity contribution in [3.8, 4) is 22.4 Å². The molecule has 4 aromatic rings. The maximum absolute atomic E-state index is 10.6.